The van der Waals surface area contributed by atoms with Gasteiger partial charge in [-0.2, -0.15) is 0 Å². The summed E-state index contributed by atoms with van der Waals surface area (Å²) in [6.07, 6.45) is 14.9. The van der Waals surface area contributed by atoms with Crippen LogP contribution in [0.5, 0.6) is 0 Å². The number of hydrogen-bond donors (Lipinski definition) is 0. The molecule has 0 aromatic heterocycles. The van der Waals surface area contributed by atoms with E-state index in [1.165, 1.54) is 56.9 Å². The SMILES string of the molecule is CC(C)CCC[C@@H](C)[C@H]1CC[C@H]2[C@@H]3C(=O)C=C4C[C@H](OC(C)(C)C)CC[C@]4(C)[C@H]3CC[C@]12C. The molecule has 3 saturated carbocycles. The van der Waals surface area contributed by atoms with Gasteiger partial charge in [0.25, 0.3) is 0 Å². The first-order valence-corrected chi connectivity index (χ1v) is 14.3. The molecule has 0 amide bonds. The fraction of sp³-hybridized carbons (Fsp3) is 0.903. The van der Waals surface area contributed by atoms with Gasteiger partial charge in [-0.3, -0.25) is 4.79 Å². The molecule has 4 rings (SSSR count). The third-order valence-electron chi connectivity index (χ3n) is 10.6. The molecule has 33 heavy (non-hydrogen) atoms. The summed E-state index contributed by atoms with van der Waals surface area (Å²) >= 11 is 0. The highest BCUT2D eigenvalue weighted by atomic mass is 16.5. The fourth-order valence-corrected chi connectivity index (χ4v) is 8.99. The van der Waals surface area contributed by atoms with Gasteiger partial charge in [-0.15, -0.1) is 0 Å². The number of ketones is 1. The molecule has 0 aromatic carbocycles. The number of hydrogen-bond acceptors (Lipinski definition) is 2. The highest BCUT2D eigenvalue weighted by Gasteiger charge is 2.61. The van der Waals surface area contributed by atoms with Crippen LogP contribution in [0.4, 0.5) is 0 Å². The predicted octanol–water partition coefficient (Wildman–Crippen LogP) is 8.39. The van der Waals surface area contributed by atoms with Gasteiger partial charge < -0.3 is 4.74 Å². The molecular formula is C31H52O2. The monoisotopic (exact) mass is 456 g/mol. The van der Waals surface area contributed by atoms with Gasteiger partial charge in [0.1, 0.15) is 0 Å². The zero-order valence-electron chi connectivity index (χ0n) is 23.0. The minimum absolute atomic E-state index is 0.114. The maximum Gasteiger partial charge on any atom is 0.159 e. The number of ether oxygens (including phenoxy) is 1. The standard InChI is InChI=1S/C31H52O2/c1-20(2)10-9-11-21(3)24-12-13-25-28-26(15-17-31(24,25)8)30(7)16-14-23(33-29(4,5)6)18-22(30)19-27(28)32/h19-21,23-26,28H,9-18H2,1-8H3/t21-,23-,24-,25+,26+,28+,30+,31-/m1/s1. The Kier molecular flexibility index (Phi) is 7.03. The molecule has 0 aromatic rings. The number of rotatable bonds is 6. The van der Waals surface area contributed by atoms with E-state index in [2.05, 4.69) is 61.5 Å². The lowest BCUT2D eigenvalue weighted by Gasteiger charge is -2.58. The molecule has 4 aliphatic rings. The van der Waals surface area contributed by atoms with Crippen molar-refractivity contribution in [1.82, 2.24) is 0 Å². The number of allylic oxidation sites excluding steroid dienone is 1. The lowest BCUT2D eigenvalue weighted by molar-refractivity contribution is -0.137. The van der Waals surface area contributed by atoms with E-state index in [1.54, 1.807) is 0 Å². The average molecular weight is 457 g/mol. The number of carbonyl (C=O) groups is 1. The molecule has 0 radical (unpaired) electrons. The first-order valence-electron chi connectivity index (χ1n) is 14.3. The van der Waals surface area contributed by atoms with Gasteiger partial charge in [-0.05, 0) is 112 Å². The van der Waals surface area contributed by atoms with Crippen LogP contribution in [0, 0.1) is 46.3 Å². The van der Waals surface area contributed by atoms with Crippen LogP contribution in [0.15, 0.2) is 11.6 Å². The summed E-state index contributed by atoms with van der Waals surface area (Å²) < 4.78 is 6.36. The van der Waals surface area contributed by atoms with E-state index in [9.17, 15) is 4.79 Å². The van der Waals surface area contributed by atoms with E-state index < -0.39 is 0 Å². The van der Waals surface area contributed by atoms with Crippen LogP contribution < -0.4 is 0 Å². The molecule has 4 aliphatic carbocycles. The van der Waals surface area contributed by atoms with Crippen LogP contribution in [0.2, 0.25) is 0 Å². The fourth-order valence-electron chi connectivity index (χ4n) is 8.99. The number of carbonyl (C=O) groups excluding carboxylic acids is 1. The van der Waals surface area contributed by atoms with Crippen LogP contribution >= 0.6 is 0 Å². The first kappa shape index (κ1) is 25.5. The molecule has 0 saturated heterocycles. The molecule has 3 fully saturated rings. The van der Waals surface area contributed by atoms with Gasteiger partial charge in [-0.1, -0.05) is 59.5 Å². The highest BCUT2D eigenvalue weighted by molar-refractivity contribution is 5.94. The van der Waals surface area contributed by atoms with Gasteiger partial charge >= 0.3 is 0 Å². The van der Waals surface area contributed by atoms with Crippen molar-refractivity contribution in [2.24, 2.45) is 46.3 Å². The molecule has 0 heterocycles. The summed E-state index contributed by atoms with van der Waals surface area (Å²) in [5, 5.41) is 0. The van der Waals surface area contributed by atoms with E-state index in [4.69, 9.17) is 4.74 Å². The van der Waals surface area contributed by atoms with Gasteiger partial charge in [-0.25, -0.2) is 0 Å². The van der Waals surface area contributed by atoms with E-state index >= 15 is 0 Å². The van der Waals surface area contributed by atoms with Crippen molar-refractivity contribution >= 4 is 5.78 Å². The molecule has 0 spiro atoms. The van der Waals surface area contributed by atoms with Crippen LogP contribution in [0.25, 0.3) is 0 Å². The molecule has 0 bridgehead atoms. The Morgan fingerprint density at radius 3 is 2.39 bits per heavy atom. The lowest BCUT2D eigenvalue weighted by atomic mass is 9.46. The van der Waals surface area contributed by atoms with Crippen molar-refractivity contribution in [3.05, 3.63) is 11.6 Å². The third kappa shape index (κ3) is 4.76. The van der Waals surface area contributed by atoms with E-state index in [0.29, 0.717) is 23.0 Å². The molecule has 188 valence electrons. The maximum atomic E-state index is 13.7. The Hall–Kier alpha value is -0.630. The summed E-state index contributed by atoms with van der Waals surface area (Å²) in [6, 6.07) is 0. The van der Waals surface area contributed by atoms with Crippen molar-refractivity contribution in [2.75, 3.05) is 0 Å². The summed E-state index contributed by atoms with van der Waals surface area (Å²) in [6.45, 7) is 18.7. The van der Waals surface area contributed by atoms with E-state index in [-0.39, 0.29) is 23.0 Å². The predicted molar refractivity (Wildman–Crippen MR) is 138 cm³/mol. The van der Waals surface area contributed by atoms with E-state index in [0.717, 1.165) is 30.6 Å². The maximum absolute atomic E-state index is 13.7. The zero-order valence-corrected chi connectivity index (χ0v) is 23.0. The number of fused-ring (bicyclic) bond motifs is 5. The minimum Gasteiger partial charge on any atom is -0.372 e. The molecule has 0 aliphatic heterocycles. The summed E-state index contributed by atoms with van der Waals surface area (Å²) in [4.78, 5) is 13.7. The van der Waals surface area contributed by atoms with Gasteiger partial charge in [0.2, 0.25) is 0 Å². The quantitative estimate of drug-likeness (QED) is 0.401. The Morgan fingerprint density at radius 2 is 1.73 bits per heavy atom. The average Bonchev–Trinajstić information content (AvgIpc) is 3.05. The largest absolute Gasteiger partial charge is 0.372 e. The van der Waals surface area contributed by atoms with Gasteiger partial charge in [0.15, 0.2) is 5.78 Å². The molecule has 0 N–H and O–H groups in total. The van der Waals surface area contributed by atoms with Crippen molar-refractivity contribution in [2.45, 2.75) is 131 Å². The van der Waals surface area contributed by atoms with Gasteiger partial charge in [0.05, 0.1) is 11.7 Å². The Balaban J connectivity index is 1.51. The molecular weight excluding hydrogens is 404 g/mol. The highest BCUT2D eigenvalue weighted by Crippen LogP contribution is 2.66. The van der Waals surface area contributed by atoms with Crippen LogP contribution in [0.1, 0.15) is 120 Å². The Bertz CT molecular complexity index is 757. The Morgan fingerprint density at radius 1 is 1.00 bits per heavy atom. The van der Waals surface area contributed by atoms with Crippen LogP contribution in [0.3, 0.4) is 0 Å². The first-order chi connectivity index (χ1) is 15.3. The zero-order chi connectivity index (χ0) is 24.2. The van der Waals surface area contributed by atoms with E-state index in [1.807, 2.05) is 0 Å². The van der Waals surface area contributed by atoms with Crippen LogP contribution in [-0.2, 0) is 9.53 Å². The van der Waals surface area contributed by atoms with Crippen molar-refractivity contribution in [3.8, 4) is 0 Å². The molecule has 2 heteroatoms. The second-order valence-corrected chi connectivity index (χ2v) is 14.4. The second kappa shape index (κ2) is 9.11. The van der Waals surface area contributed by atoms with Crippen LogP contribution in [-0.4, -0.2) is 17.5 Å². The van der Waals surface area contributed by atoms with Crippen molar-refractivity contribution in [3.63, 3.8) is 0 Å². The van der Waals surface area contributed by atoms with Gasteiger partial charge in [0, 0.05) is 5.92 Å². The Labute approximate surface area is 204 Å². The summed E-state index contributed by atoms with van der Waals surface area (Å²) in [7, 11) is 0. The normalized spacial score (nSPS) is 41.9. The molecule has 8 atom stereocenters. The third-order valence-corrected chi connectivity index (χ3v) is 10.6. The van der Waals surface area contributed by atoms with Crippen molar-refractivity contribution < 1.29 is 9.53 Å². The van der Waals surface area contributed by atoms with Crippen molar-refractivity contribution in [1.29, 1.82) is 0 Å². The summed E-state index contributed by atoms with van der Waals surface area (Å²) in [5.74, 6) is 4.29. The lowest BCUT2D eigenvalue weighted by Crippen LogP contribution is -2.54. The second-order valence-electron chi connectivity index (χ2n) is 14.4. The minimum atomic E-state index is -0.114. The molecule has 2 nitrogen and oxygen atoms in total. The summed E-state index contributed by atoms with van der Waals surface area (Å²) in [5.41, 5.74) is 1.87. The smallest absolute Gasteiger partial charge is 0.159 e. The molecule has 0 unspecified atom stereocenters. The topological polar surface area (TPSA) is 26.3 Å².